The molecule has 292 valence electrons. The third-order valence-corrected chi connectivity index (χ3v) is 11.6. The lowest BCUT2D eigenvalue weighted by atomic mass is 9.77. The molecule has 0 radical (unpaired) electrons. The summed E-state index contributed by atoms with van der Waals surface area (Å²) in [6.07, 6.45) is -1.88. The molecule has 5 N–H and O–H groups in total. The number of nitrogens with zero attached hydrogens (tertiary/aromatic N) is 2. The SMILES string of the molecule is CC[C@H]1OC(=O)[C@H](C)[C@@H](OC(=O)NC2CCCCC2)[C@H](C)[C@@H](O[C@@H]2O[C@H](C)C[C@H](N(C)C)[C@H]2O)[C@](C)(O)C[C@@H](C)CN(C)[C@H](C)[C@@H](O)[C@]1(C)O. The van der Waals surface area contributed by atoms with Crippen LogP contribution in [0, 0.1) is 17.8 Å². The maximum atomic E-state index is 14.0. The molecule has 0 spiro atoms. The van der Waals surface area contributed by atoms with Gasteiger partial charge in [-0.2, -0.15) is 0 Å². The normalized spacial score (nSPS) is 43.8. The van der Waals surface area contributed by atoms with Gasteiger partial charge in [-0.3, -0.25) is 4.79 Å². The number of esters is 1. The number of hydrogen-bond acceptors (Lipinski definition) is 12. The Morgan fingerprint density at radius 2 is 1.68 bits per heavy atom. The van der Waals surface area contributed by atoms with Crippen molar-refractivity contribution < 1.29 is 49.0 Å². The second-order valence-corrected chi connectivity index (χ2v) is 16.5. The van der Waals surface area contributed by atoms with Gasteiger partial charge in [-0.25, -0.2) is 4.79 Å². The first-order valence-corrected chi connectivity index (χ1v) is 18.9. The number of ether oxygens (including phenoxy) is 4. The maximum Gasteiger partial charge on any atom is 0.407 e. The highest BCUT2D eigenvalue weighted by atomic mass is 16.7. The van der Waals surface area contributed by atoms with E-state index in [2.05, 4.69) is 5.32 Å². The number of nitrogens with one attached hydrogen (secondary N) is 1. The van der Waals surface area contributed by atoms with Crippen molar-refractivity contribution in [1.82, 2.24) is 15.1 Å². The first-order chi connectivity index (χ1) is 23.2. The number of amides is 1. The number of aliphatic hydroxyl groups excluding tert-OH is 2. The fourth-order valence-electron chi connectivity index (χ4n) is 8.51. The third kappa shape index (κ3) is 10.5. The van der Waals surface area contributed by atoms with Crippen LogP contribution >= 0.6 is 0 Å². The Balaban J connectivity index is 2.10. The van der Waals surface area contributed by atoms with Gasteiger partial charge in [-0.15, -0.1) is 0 Å². The topological polar surface area (TPSA) is 170 Å². The zero-order valence-corrected chi connectivity index (χ0v) is 32.5. The molecule has 14 atom stereocenters. The number of hydrogen-bond donors (Lipinski definition) is 5. The molecule has 2 saturated heterocycles. The van der Waals surface area contributed by atoms with Crippen LogP contribution in [0.4, 0.5) is 4.79 Å². The standard InChI is InChI=1S/C37H69N3O10/c1-12-28-37(8,46)31(42)25(6)40(11)20-21(2)19-36(7,45)32(50-34-29(41)27(39(9)10)18-22(3)47-34)23(4)30(24(5)33(43)48-28)49-35(44)38-26-16-14-13-15-17-26/h21-32,34,41-42,45-46H,12-20H2,1-11H3,(H,38,44)/t21-,22-,23+,24-,25-,27+,28-,29-,30+,31-,32-,34+,36-,37-/m1/s1. The van der Waals surface area contributed by atoms with Gasteiger partial charge in [-0.05, 0) is 93.8 Å². The van der Waals surface area contributed by atoms with Gasteiger partial charge in [0.15, 0.2) is 6.29 Å². The number of likely N-dealkylation sites (N-methyl/N-ethyl adjacent to an activating group) is 2. The van der Waals surface area contributed by atoms with E-state index in [4.69, 9.17) is 18.9 Å². The molecule has 13 nitrogen and oxygen atoms in total. The zero-order chi connectivity index (χ0) is 37.7. The van der Waals surface area contributed by atoms with E-state index >= 15 is 0 Å². The highest BCUT2D eigenvalue weighted by molar-refractivity contribution is 5.74. The highest BCUT2D eigenvalue weighted by Crippen LogP contribution is 2.37. The quantitative estimate of drug-likeness (QED) is 0.255. The van der Waals surface area contributed by atoms with E-state index < -0.39 is 78.0 Å². The molecule has 50 heavy (non-hydrogen) atoms. The molecule has 13 heteroatoms. The first kappa shape index (κ1) is 42.8. The molecule has 0 aromatic heterocycles. The van der Waals surface area contributed by atoms with Gasteiger partial charge >= 0.3 is 12.1 Å². The van der Waals surface area contributed by atoms with Gasteiger partial charge < -0.3 is 54.5 Å². The third-order valence-electron chi connectivity index (χ3n) is 11.6. The molecular weight excluding hydrogens is 646 g/mol. The van der Waals surface area contributed by atoms with Crippen molar-refractivity contribution in [2.24, 2.45) is 17.8 Å². The molecular formula is C37H69N3O10. The Kier molecular flexibility index (Phi) is 15.4. The number of alkyl carbamates (subject to hydrolysis) is 1. The van der Waals surface area contributed by atoms with Crippen molar-refractivity contribution in [1.29, 1.82) is 0 Å². The second-order valence-electron chi connectivity index (χ2n) is 16.5. The van der Waals surface area contributed by atoms with Gasteiger partial charge in [0.05, 0.1) is 23.7 Å². The fourth-order valence-corrected chi connectivity index (χ4v) is 8.51. The van der Waals surface area contributed by atoms with Gasteiger partial charge in [-0.1, -0.05) is 40.0 Å². The Morgan fingerprint density at radius 1 is 1.06 bits per heavy atom. The van der Waals surface area contributed by atoms with Crippen LogP contribution in [0.2, 0.25) is 0 Å². The largest absolute Gasteiger partial charge is 0.459 e. The van der Waals surface area contributed by atoms with E-state index in [0.29, 0.717) is 13.0 Å². The van der Waals surface area contributed by atoms with Gasteiger partial charge in [0.25, 0.3) is 0 Å². The summed E-state index contributed by atoms with van der Waals surface area (Å²) >= 11 is 0. The van der Waals surface area contributed by atoms with Crippen LogP contribution in [0.3, 0.4) is 0 Å². The summed E-state index contributed by atoms with van der Waals surface area (Å²) in [7, 11) is 5.60. The molecule has 3 fully saturated rings. The van der Waals surface area contributed by atoms with Crippen molar-refractivity contribution in [2.75, 3.05) is 27.7 Å². The van der Waals surface area contributed by atoms with E-state index in [1.807, 2.05) is 44.8 Å². The number of cyclic esters (lactones) is 1. The number of rotatable bonds is 6. The van der Waals surface area contributed by atoms with E-state index in [1.165, 1.54) is 6.92 Å². The summed E-state index contributed by atoms with van der Waals surface area (Å²) in [5.74, 6) is -2.76. The second kappa shape index (κ2) is 18.0. The summed E-state index contributed by atoms with van der Waals surface area (Å²) in [6, 6.07) is -0.858. The summed E-state index contributed by atoms with van der Waals surface area (Å²) < 4.78 is 24.9. The Hall–Kier alpha value is -1.58. The Bertz CT molecular complexity index is 1090. The van der Waals surface area contributed by atoms with Crippen molar-refractivity contribution in [3.05, 3.63) is 0 Å². The van der Waals surface area contributed by atoms with E-state index in [-0.39, 0.29) is 36.9 Å². The minimum Gasteiger partial charge on any atom is -0.459 e. The van der Waals surface area contributed by atoms with Crippen molar-refractivity contribution in [2.45, 2.75) is 179 Å². The Morgan fingerprint density at radius 3 is 2.26 bits per heavy atom. The molecule has 2 heterocycles. The Labute approximate surface area is 300 Å². The summed E-state index contributed by atoms with van der Waals surface area (Å²) in [5.41, 5.74) is -3.37. The molecule has 3 aliphatic rings. The predicted octanol–water partition coefficient (Wildman–Crippen LogP) is 3.04. The van der Waals surface area contributed by atoms with Crippen LogP contribution in [-0.2, 0) is 23.7 Å². The van der Waals surface area contributed by atoms with E-state index in [1.54, 1.807) is 34.6 Å². The molecule has 2 aliphatic heterocycles. The minimum absolute atomic E-state index is 0.0534. The van der Waals surface area contributed by atoms with Crippen LogP contribution in [0.1, 0.15) is 107 Å². The number of carbonyl (C=O) groups is 2. The lowest BCUT2D eigenvalue weighted by Crippen LogP contribution is -2.59. The minimum atomic E-state index is -1.80. The van der Waals surface area contributed by atoms with Gasteiger partial charge in [0.2, 0.25) is 0 Å². The molecule has 1 amide bonds. The number of carbonyl (C=O) groups excluding carboxylic acids is 2. The van der Waals surface area contributed by atoms with Gasteiger partial charge in [0, 0.05) is 30.6 Å². The van der Waals surface area contributed by atoms with Crippen LogP contribution < -0.4 is 5.32 Å². The molecule has 0 aromatic rings. The highest BCUT2D eigenvalue weighted by Gasteiger charge is 2.51. The first-order valence-electron chi connectivity index (χ1n) is 18.9. The molecule has 3 rings (SSSR count). The van der Waals surface area contributed by atoms with Crippen LogP contribution in [0.25, 0.3) is 0 Å². The van der Waals surface area contributed by atoms with Crippen molar-refractivity contribution >= 4 is 12.1 Å². The number of aliphatic hydroxyl groups is 4. The van der Waals surface area contributed by atoms with Gasteiger partial charge in [0.1, 0.15) is 30.0 Å². The molecule has 0 aromatic carbocycles. The van der Waals surface area contributed by atoms with E-state index in [9.17, 15) is 30.0 Å². The van der Waals surface area contributed by atoms with Crippen LogP contribution in [0.15, 0.2) is 0 Å². The summed E-state index contributed by atoms with van der Waals surface area (Å²) in [6.45, 7) is 14.4. The maximum absolute atomic E-state index is 14.0. The average molecular weight is 716 g/mol. The average Bonchev–Trinajstić information content (AvgIpc) is 3.04. The van der Waals surface area contributed by atoms with Crippen LogP contribution in [0.5, 0.6) is 0 Å². The predicted molar refractivity (Wildman–Crippen MR) is 189 cm³/mol. The molecule has 0 unspecified atom stereocenters. The summed E-state index contributed by atoms with van der Waals surface area (Å²) in [4.78, 5) is 31.4. The fraction of sp³-hybridized carbons (Fsp3) is 0.946. The molecule has 1 saturated carbocycles. The zero-order valence-electron chi connectivity index (χ0n) is 32.5. The monoisotopic (exact) mass is 715 g/mol. The molecule has 0 bridgehead atoms. The smallest absolute Gasteiger partial charge is 0.407 e. The van der Waals surface area contributed by atoms with Crippen molar-refractivity contribution in [3.8, 4) is 0 Å². The summed E-state index contributed by atoms with van der Waals surface area (Å²) in [5, 5.41) is 49.8. The molecule has 1 aliphatic carbocycles. The van der Waals surface area contributed by atoms with E-state index in [0.717, 1.165) is 32.1 Å². The van der Waals surface area contributed by atoms with Crippen LogP contribution in [-0.4, -0.2) is 142 Å². The lowest BCUT2D eigenvalue weighted by molar-refractivity contribution is -0.299. The van der Waals surface area contributed by atoms with Crippen molar-refractivity contribution in [3.63, 3.8) is 0 Å². The lowest BCUT2D eigenvalue weighted by Gasteiger charge is -2.47.